The molecular formula is C21H26N6O3S. The highest BCUT2D eigenvalue weighted by Crippen LogP contribution is 2.35. The minimum Gasteiger partial charge on any atom is -0.344 e. The highest BCUT2D eigenvalue weighted by atomic mass is 32.1. The number of anilines is 1. The summed E-state index contributed by atoms with van der Waals surface area (Å²) in [5.74, 6) is -0.0327. The molecule has 2 aromatic heterocycles. The van der Waals surface area contributed by atoms with Crippen molar-refractivity contribution in [3.05, 3.63) is 18.3 Å². The first kappa shape index (κ1) is 20.2. The lowest BCUT2D eigenvalue weighted by Crippen LogP contribution is -2.49. The molecule has 3 fully saturated rings. The monoisotopic (exact) mass is 442 g/mol. The van der Waals surface area contributed by atoms with Crippen LogP contribution < -0.4 is 10.2 Å². The molecule has 0 radical (unpaired) electrons. The molecule has 3 aliphatic rings. The SMILES string of the molecule is O=C(CCCN1C(=O)NC2(CCCC2)C1=O)N1CCN(c2nc3cccnc3s2)CC1. The standard InChI is InChI=1S/C21H26N6O3S/c28-16(6-4-10-27-18(29)21(24-19(27)30)7-1-2-8-21)25-11-13-26(14-12-25)20-23-15-5-3-9-22-17(15)31-20/h3,5,9H,1-2,4,6-8,10-14H2,(H,24,30). The van der Waals surface area contributed by atoms with Crippen molar-refractivity contribution in [3.63, 3.8) is 0 Å². The molecular weight excluding hydrogens is 416 g/mol. The molecule has 4 amide bonds. The third-order valence-corrected chi connectivity index (χ3v) is 7.57. The number of urea groups is 1. The predicted molar refractivity (Wildman–Crippen MR) is 117 cm³/mol. The van der Waals surface area contributed by atoms with Gasteiger partial charge in [0.05, 0.1) is 0 Å². The number of nitrogens with zero attached hydrogens (tertiary/aromatic N) is 5. The van der Waals surface area contributed by atoms with E-state index in [-0.39, 0.29) is 17.8 Å². The van der Waals surface area contributed by atoms with Gasteiger partial charge in [-0.05, 0) is 31.4 Å². The lowest BCUT2D eigenvalue weighted by Gasteiger charge is -2.34. The molecule has 4 heterocycles. The minimum absolute atomic E-state index is 0.0771. The fraction of sp³-hybridized carbons (Fsp3) is 0.571. The quantitative estimate of drug-likeness (QED) is 0.711. The van der Waals surface area contributed by atoms with E-state index in [2.05, 4.69) is 20.2 Å². The van der Waals surface area contributed by atoms with Gasteiger partial charge in [0.2, 0.25) is 5.91 Å². The summed E-state index contributed by atoms with van der Waals surface area (Å²) in [6, 6.07) is 3.54. The second-order valence-corrected chi connectivity index (χ2v) is 9.43. The van der Waals surface area contributed by atoms with Crippen molar-refractivity contribution in [3.8, 4) is 0 Å². The normalized spacial score (nSPS) is 20.8. The highest BCUT2D eigenvalue weighted by Gasteiger charge is 2.52. The van der Waals surface area contributed by atoms with E-state index in [1.165, 1.54) is 4.90 Å². The van der Waals surface area contributed by atoms with Gasteiger partial charge >= 0.3 is 6.03 Å². The molecule has 1 N–H and O–H groups in total. The Hall–Kier alpha value is -2.75. The Bertz CT molecular complexity index is 976. The number of pyridine rings is 1. The van der Waals surface area contributed by atoms with E-state index in [1.54, 1.807) is 17.5 Å². The minimum atomic E-state index is -0.673. The van der Waals surface area contributed by atoms with E-state index in [0.29, 0.717) is 32.5 Å². The Morgan fingerprint density at radius 2 is 1.94 bits per heavy atom. The number of fused-ring (bicyclic) bond motifs is 1. The van der Waals surface area contributed by atoms with E-state index in [4.69, 9.17) is 0 Å². The van der Waals surface area contributed by atoms with E-state index in [1.807, 2.05) is 17.0 Å². The van der Waals surface area contributed by atoms with Crippen LogP contribution in [0.4, 0.5) is 9.93 Å². The van der Waals surface area contributed by atoms with E-state index in [9.17, 15) is 14.4 Å². The van der Waals surface area contributed by atoms with Crippen molar-refractivity contribution >= 4 is 44.7 Å². The Kier molecular flexibility index (Phi) is 5.25. The molecule has 2 saturated heterocycles. The van der Waals surface area contributed by atoms with Crippen LogP contribution in [-0.4, -0.2) is 75.9 Å². The number of amides is 4. The van der Waals surface area contributed by atoms with Crippen LogP contribution in [0.1, 0.15) is 38.5 Å². The summed E-state index contributed by atoms with van der Waals surface area (Å²) < 4.78 is 0. The fourth-order valence-electron chi connectivity index (χ4n) is 4.78. The van der Waals surface area contributed by atoms with Crippen LogP contribution in [0, 0.1) is 0 Å². The molecule has 9 nitrogen and oxygen atoms in total. The van der Waals surface area contributed by atoms with Gasteiger partial charge in [0, 0.05) is 45.3 Å². The Labute approximate surface area is 184 Å². The van der Waals surface area contributed by atoms with Crippen molar-refractivity contribution in [2.45, 2.75) is 44.1 Å². The zero-order chi connectivity index (χ0) is 21.4. The van der Waals surface area contributed by atoms with Gasteiger partial charge in [-0.25, -0.2) is 14.8 Å². The summed E-state index contributed by atoms with van der Waals surface area (Å²) in [6.07, 6.45) is 6.00. The first-order valence-electron chi connectivity index (χ1n) is 10.9. The number of aromatic nitrogens is 2. The predicted octanol–water partition coefficient (Wildman–Crippen LogP) is 1.98. The Morgan fingerprint density at radius 1 is 1.16 bits per heavy atom. The third-order valence-electron chi connectivity index (χ3n) is 6.53. The van der Waals surface area contributed by atoms with Crippen LogP contribution >= 0.6 is 11.3 Å². The molecule has 0 atom stereocenters. The summed E-state index contributed by atoms with van der Waals surface area (Å²) in [7, 11) is 0. The molecule has 5 rings (SSSR count). The average Bonchev–Trinajstić information content (AvgIpc) is 3.48. The van der Waals surface area contributed by atoms with Gasteiger partial charge in [0.15, 0.2) is 5.13 Å². The molecule has 1 spiro atoms. The van der Waals surface area contributed by atoms with Gasteiger partial charge in [0.1, 0.15) is 15.9 Å². The van der Waals surface area contributed by atoms with Crippen molar-refractivity contribution < 1.29 is 14.4 Å². The Balaban J connectivity index is 1.10. The highest BCUT2D eigenvalue weighted by molar-refractivity contribution is 7.21. The van der Waals surface area contributed by atoms with Crippen LogP contribution in [0.2, 0.25) is 0 Å². The smallest absolute Gasteiger partial charge is 0.325 e. The van der Waals surface area contributed by atoms with Gasteiger partial charge < -0.3 is 15.1 Å². The number of carbonyl (C=O) groups excluding carboxylic acids is 3. The third kappa shape index (κ3) is 3.73. The number of thiazole rings is 1. The van der Waals surface area contributed by atoms with Crippen molar-refractivity contribution in [2.75, 3.05) is 37.6 Å². The maximum absolute atomic E-state index is 12.7. The number of rotatable bonds is 5. The van der Waals surface area contributed by atoms with E-state index in [0.717, 1.165) is 54.3 Å². The molecule has 164 valence electrons. The Morgan fingerprint density at radius 3 is 2.68 bits per heavy atom. The summed E-state index contributed by atoms with van der Waals surface area (Å²) in [5, 5.41) is 3.83. The lowest BCUT2D eigenvalue weighted by atomic mass is 9.98. The van der Waals surface area contributed by atoms with E-state index < -0.39 is 5.54 Å². The van der Waals surface area contributed by atoms with Crippen molar-refractivity contribution in [1.82, 2.24) is 25.1 Å². The number of nitrogens with one attached hydrogen (secondary N) is 1. The summed E-state index contributed by atoms with van der Waals surface area (Å²) in [4.78, 5) is 52.9. The summed E-state index contributed by atoms with van der Waals surface area (Å²) in [6.45, 7) is 3.07. The molecule has 2 aromatic rings. The van der Waals surface area contributed by atoms with E-state index >= 15 is 0 Å². The first-order valence-corrected chi connectivity index (χ1v) is 11.8. The number of piperazine rings is 1. The molecule has 1 saturated carbocycles. The topological polar surface area (TPSA) is 98.7 Å². The van der Waals surface area contributed by atoms with Gasteiger partial charge in [0.25, 0.3) is 5.91 Å². The second-order valence-electron chi connectivity index (χ2n) is 8.47. The lowest BCUT2D eigenvalue weighted by molar-refractivity contribution is -0.133. The van der Waals surface area contributed by atoms with Crippen molar-refractivity contribution in [1.29, 1.82) is 0 Å². The average molecular weight is 443 g/mol. The molecule has 10 heteroatoms. The van der Waals surface area contributed by atoms with Gasteiger partial charge in [-0.2, -0.15) is 0 Å². The van der Waals surface area contributed by atoms with Crippen LogP contribution in [-0.2, 0) is 9.59 Å². The van der Waals surface area contributed by atoms with Crippen LogP contribution in [0.3, 0.4) is 0 Å². The molecule has 1 aliphatic carbocycles. The molecule has 31 heavy (non-hydrogen) atoms. The number of carbonyl (C=O) groups is 3. The van der Waals surface area contributed by atoms with Gasteiger partial charge in [-0.3, -0.25) is 14.5 Å². The molecule has 2 aliphatic heterocycles. The fourth-order valence-corrected chi connectivity index (χ4v) is 5.74. The second kappa shape index (κ2) is 8.07. The van der Waals surface area contributed by atoms with Crippen LogP contribution in [0.5, 0.6) is 0 Å². The summed E-state index contributed by atoms with van der Waals surface area (Å²) >= 11 is 1.57. The van der Waals surface area contributed by atoms with Gasteiger partial charge in [-0.15, -0.1) is 0 Å². The largest absolute Gasteiger partial charge is 0.344 e. The maximum atomic E-state index is 12.7. The van der Waals surface area contributed by atoms with Crippen LogP contribution in [0.25, 0.3) is 10.3 Å². The van der Waals surface area contributed by atoms with Crippen LogP contribution in [0.15, 0.2) is 18.3 Å². The molecule has 0 unspecified atom stereocenters. The molecule has 0 aromatic carbocycles. The first-order chi connectivity index (χ1) is 15.1. The zero-order valence-corrected chi connectivity index (χ0v) is 18.2. The maximum Gasteiger partial charge on any atom is 0.325 e. The number of imide groups is 1. The van der Waals surface area contributed by atoms with Gasteiger partial charge in [-0.1, -0.05) is 24.2 Å². The number of hydrogen-bond donors (Lipinski definition) is 1. The van der Waals surface area contributed by atoms with Crippen molar-refractivity contribution in [2.24, 2.45) is 0 Å². The summed E-state index contributed by atoms with van der Waals surface area (Å²) in [5.41, 5.74) is 0.231. The number of hydrogen-bond acceptors (Lipinski definition) is 7. The molecule has 0 bridgehead atoms. The zero-order valence-electron chi connectivity index (χ0n) is 17.4.